The molecule has 0 unspecified atom stereocenters. The fourth-order valence-electron chi connectivity index (χ4n) is 3.17. The lowest BCUT2D eigenvalue weighted by molar-refractivity contribution is -0.154. The van der Waals surface area contributed by atoms with E-state index in [2.05, 4.69) is 5.32 Å². The van der Waals surface area contributed by atoms with Crippen LogP contribution in [-0.4, -0.2) is 17.0 Å². The highest BCUT2D eigenvalue weighted by Gasteiger charge is 2.58. The van der Waals surface area contributed by atoms with Gasteiger partial charge in [-0.3, -0.25) is 9.59 Å². The average molecular weight is 290 g/mol. The molecule has 1 saturated carbocycles. The summed E-state index contributed by atoms with van der Waals surface area (Å²) in [6.45, 7) is 5.43. The molecule has 1 fully saturated rings. The first kappa shape index (κ1) is 15.4. The third-order valence-electron chi connectivity index (χ3n) is 5.23. The maximum atomic E-state index is 12.5. The van der Waals surface area contributed by atoms with Crippen molar-refractivity contribution in [3.8, 4) is 0 Å². The first-order chi connectivity index (χ1) is 9.70. The average Bonchev–Trinajstić information content (AvgIpc) is 2.64. The topological polar surface area (TPSA) is 92.4 Å². The highest BCUT2D eigenvalue weighted by Crippen LogP contribution is 2.56. The Morgan fingerprint density at radius 2 is 1.90 bits per heavy atom. The molecular formula is C16H22N2O3. The zero-order valence-electron chi connectivity index (χ0n) is 12.6. The number of benzene rings is 1. The van der Waals surface area contributed by atoms with Crippen LogP contribution in [-0.2, 0) is 9.59 Å². The molecule has 114 valence electrons. The molecule has 1 amide bonds. The SMILES string of the molecule is CC1(C)[C@H](C(=O)Nc2ccccc2N)CC[C@]1(C)C(=O)O. The van der Waals surface area contributed by atoms with Crippen LogP contribution in [0, 0.1) is 16.7 Å². The third-order valence-corrected chi connectivity index (χ3v) is 5.23. The van der Waals surface area contributed by atoms with Gasteiger partial charge in [0.1, 0.15) is 0 Å². The first-order valence-corrected chi connectivity index (χ1v) is 7.09. The van der Waals surface area contributed by atoms with Crippen molar-refractivity contribution in [1.82, 2.24) is 0 Å². The molecule has 0 radical (unpaired) electrons. The molecule has 0 heterocycles. The van der Waals surface area contributed by atoms with E-state index < -0.39 is 16.8 Å². The van der Waals surface area contributed by atoms with Gasteiger partial charge in [0.2, 0.25) is 5.91 Å². The van der Waals surface area contributed by atoms with E-state index in [9.17, 15) is 14.7 Å². The Morgan fingerprint density at radius 3 is 2.43 bits per heavy atom. The van der Waals surface area contributed by atoms with Crippen LogP contribution in [0.4, 0.5) is 11.4 Å². The molecule has 0 aromatic heterocycles. The molecule has 1 aromatic carbocycles. The van der Waals surface area contributed by atoms with Gasteiger partial charge in [-0.2, -0.15) is 0 Å². The Morgan fingerprint density at radius 1 is 1.29 bits per heavy atom. The minimum atomic E-state index is -0.892. The van der Waals surface area contributed by atoms with Crippen molar-refractivity contribution < 1.29 is 14.7 Å². The number of hydrogen-bond donors (Lipinski definition) is 3. The maximum absolute atomic E-state index is 12.5. The van der Waals surface area contributed by atoms with E-state index in [1.165, 1.54) is 0 Å². The number of amides is 1. The lowest BCUT2D eigenvalue weighted by Gasteiger charge is -2.37. The Labute approximate surface area is 124 Å². The number of hydrogen-bond acceptors (Lipinski definition) is 3. The number of anilines is 2. The van der Waals surface area contributed by atoms with Crippen LogP contribution in [0.1, 0.15) is 33.6 Å². The molecule has 2 rings (SSSR count). The number of carboxylic acid groups (broad SMARTS) is 1. The summed E-state index contributed by atoms with van der Waals surface area (Å²) in [6, 6.07) is 7.06. The van der Waals surface area contributed by atoms with Crippen LogP contribution < -0.4 is 11.1 Å². The predicted molar refractivity (Wildman–Crippen MR) is 81.7 cm³/mol. The van der Waals surface area contributed by atoms with E-state index >= 15 is 0 Å². The monoisotopic (exact) mass is 290 g/mol. The standard InChI is InChI=1S/C16H22N2O3/c1-15(2)10(8-9-16(15,3)14(20)21)13(19)18-12-7-5-4-6-11(12)17/h4-7,10H,8-9,17H2,1-3H3,(H,18,19)(H,20,21)/t10-,16+/m0/s1. The van der Waals surface area contributed by atoms with Crippen molar-refractivity contribution in [3.05, 3.63) is 24.3 Å². The fraction of sp³-hybridized carbons (Fsp3) is 0.500. The van der Waals surface area contributed by atoms with Crippen LogP contribution in [0.2, 0.25) is 0 Å². The number of rotatable bonds is 3. The van der Waals surface area contributed by atoms with Crippen LogP contribution in [0.3, 0.4) is 0 Å². The molecule has 4 N–H and O–H groups in total. The van der Waals surface area contributed by atoms with Gasteiger partial charge in [0, 0.05) is 5.92 Å². The number of aliphatic carboxylic acids is 1. The van der Waals surface area contributed by atoms with Crippen molar-refractivity contribution in [2.24, 2.45) is 16.7 Å². The Kier molecular flexibility index (Phi) is 3.70. The molecule has 21 heavy (non-hydrogen) atoms. The molecule has 1 aliphatic rings. The molecule has 5 heteroatoms. The van der Waals surface area contributed by atoms with Gasteiger partial charge in [-0.1, -0.05) is 26.0 Å². The van der Waals surface area contributed by atoms with Crippen LogP contribution >= 0.6 is 0 Å². The van der Waals surface area contributed by atoms with Crippen LogP contribution in [0.25, 0.3) is 0 Å². The summed E-state index contributed by atoms with van der Waals surface area (Å²) >= 11 is 0. The van der Waals surface area contributed by atoms with Crippen molar-refractivity contribution in [3.63, 3.8) is 0 Å². The number of carbonyl (C=O) groups excluding carboxylic acids is 1. The van der Waals surface area contributed by atoms with E-state index in [0.717, 1.165) is 0 Å². The zero-order chi connectivity index (χ0) is 15.8. The fourth-order valence-corrected chi connectivity index (χ4v) is 3.17. The smallest absolute Gasteiger partial charge is 0.309 e. The Bertz CT molecular complexity index is 583. The van der Waals surface area contributed by atoms with Gasteiger partial charge in [-0.25, -0.2) is 0 Å². The summed E-state index contributed by atoms with van der Waals surface area (Å²) in [6.07, 6.45) is 1.06. The van der Waals surface area contributed by atoms with Gasteiger partial charge < -0.3 is 16.2 Å². The molecule has 5 nitrogen and oxygen atoms in total. The van der Waals surface area contributed by atoms with Gasteiger partial charge in [0.05, 0.1) is 16.8 Å². The summed E-state index contributed by atoms with van der Waals surface area (Å²) in [7, 11) is 0. The lowest BCUT2D eigenvalue weighted by atomic mass is 9.65. The molecule has 2 atom stereocenters. The summed E-state index contributed by atoms with van der Waals surface area (Å²) in [5.74, 6) is -1.36. The van der Waals surface area contributed by atoms with E-state index in [0.29, 0.717) is 24.2 Å². The normalized spacial score (nSPS) is 27.3. The lowest BCUT2D eigenvalue weighted by Crippen LogP contribution is -2.43. The maximum Gasteiger partial charge on any atom is 0.309 e. The summed E-state index contributed by atoms with van der Waals surface area (Å²) in [4.78, 5) is 24.1. The van der Waals surface area contributed by atoms with Gasteiger partial charge in [0.15, 0.2) is 0 Å². The quantitative estimate of drug-likeness (QED) is 0.746. The summed E-state index contributed by atoms with van der Waals surface area (Å²) < 4.78 is 0. The molecule has 0 saturated heterocycles. The number of para-hydroxylation sites is 2. The van der Waals surface area contributed by atoms with Crippen molar-refractivity contribution in [2.75, 3.05) is 11.1 Å². The van der Waals surface area contributed by atoms with Gasteiger partial charge >= 0.3 is 5.97 Å². The molecule has 0 spiro atoms. The number of carboxylic acids is 1. The van der Waals surface area contributed by atoms with Gasteiger partial charge in [0.25, 0.3) is 0 Å². The highest BCUT2D eigenvalue weighted by atomic mass is 16.4. The number of nitrogens with two attached hydrogens (primary N) is 1. The summed E-state index contributed by atoms with van der Waals surface area (Å²) in [5.41, 5.74) is 5.39. The molecule has 0 bridgehead atoms. The highest BCUT2D eigenvalue weighted by molar-refractivity contribution is 5.96. The van der Waals surface area contributed by atoms with E-state index in [1.807, 2.05) is 13.8 Å². The van der Waals surface area contributed by atoms with Gasteiger partial charge in [-0.05, 0) is 37.3 Å². The van der Waals surface area contributed by atoms with E-state index in [4.69, 9.17) is 5.73 Å². The zero-order valence-corrected chi connectivity index (χ0v) is 12.6. The molecular weight excluding hydrogens is 268 g/mol. The van der Waals surface area contributed by atoms with E-state index in [1.54, 1.807) is 31.2 Å². The van der Waals surface area contributed by atoms with Gasteiger partial charge in [-0.15, -0.1) is 0 Å². The van der Waals surface area contributed by atoms with Crippen LogP contribution in [0.15, 0.2) is 24.3 Å². The summed E-state index contributed by atoms with van der Waals surface area (Å²) in [5, 5.41) is 12.3. The van der Waals surface area contributed by atoms with Crippen LogP contribution in [0.5, 0.6) is 0 Å². The van der Waals surface area contributed by atoms with Crippen molar-refractivity contribution in [2.45, 2.75) is 33.6 Å². The molecule has 0 aliphatic heterocycles. The Hall–Kier alpha value is -2.04. The third kappa shape index (κ3) is 2.37. The molecule has 1 aromatic rings. The second kappa shape index (κ2) is 5.06. The first-order valence-electron chi connectivity index (χ1n) is 7.09. The Balaban J connectivity index is 2.22. The minimum absolute atomic E-state index is 0.164. The second-order valence-corrected chi connectivity index (χ2v) is 6.53. The number of nitrogen functional groups attached to an aromatic ring is 1. The van der Waals surface area contributed by atoms with Crippen molar-refractivity contribution in [1.29, 1.82) is 0 Å². The van der Waals surface area contributed by atoms with E-state index in [-0.39, 0.29) is 11.8 Å². The predicted octanol–water partition coefficient (Wildman–Crippen LogP) is 2.73. The largest absolute Gasteiger partial charge is 0.481 e. The number of nitrogens with one attached hydrogen (secondary N) is 1. The molecule has 1 aliphatic carbocycles. The minimum Gasteiger partial charge on any atom is -0.481 e. The van der Waals surface area contributed by atoms with Crippen molar-refractivity contribution >= 4 is 23.3 Å². The number of carbonyl (C=O) groups is 2. The second-order valence-electron chi connectivity index (χ2n) is 6.53.